The van der Waals surface area contributed by atoms with Gasteiger partial charge in [0.05, 0.1) is 17.6 Å². The van der Waals surface area contributed by atoms with Gasteiger partial charge in [-0.3, -0.25) is 14.9 Å². The zero-order valence-corrected chi connectivity index (χ0v) is 18.5. The molecule has 2 N–H and O–H groups in total. The second kappa shape index (κ2) is 9.47. The fourth-order valence-electron chi connectivity index (χ4n) is 4.56. The van der Waals surface area contributed by atoms with Gasteiger partial charge in [0.1, 0.15) is 6.61 Å². The largest absolute Gasteiger partial charge is 0.370 e. The molecule has 34 heavy (non-hydrogen) atoms. The van der Waals surface area contributed by atoms with Crippen molar-refractivity contribution in [2.24, 2.45) is 0 Å². The van der Waals surface area contributed by atoms with E-state index in [4.69, 9.17) is 4.74 Å². The highest BCUT2D eigenvalue weighted by molar-refractivity contribution is 6.04. The summed E-state index contributed by atoms with van der Waals surface area (Å²) in [5, 5.41) is 6.17. The lowest BCUT2D eigenvalue weighted by molar-refractivity contribution is -0.125. The van der Waals surface area contributed by atoms with Gasteiger partial charge in [-0.1, -0.05) is 12.1 Å². The zero-order chi connectivity index (χ0) is 23.7. The smallest absolute Gasteiger partial charge is 0.263 e. The van der Waals surface area contributed by atoms with Gasteiger partial charge in [-0.2, -0.15) is 0 Å². The van der Waals surface area contributed by atoms with Crippen LogP contribution in [0, 0.1) is 0 Å². The number of nitrogens with zero attached hydrogens (tertiary/aromatic N) is 3. The summed E-state index contributed by atoms with van der Waals surface area (Å²) in [4.78, 5) is 31.6. The van der Waals surface area contributed by atoms with E-state index in [0.717, 1.165) is 37.1 Å². The fourth-order valence-corrected chi connectivity index (χ4v) is 4.56. The number of hydrogen-bond donors (Lipinski definition) is 2. The predicted molar refractivity (Wildman–Crippen MR) is 123 cm³/mol. The van der Waals surface area contributed by atoms with Crippen molar-refractivity contribution in [3.8, 4) is 0 Å². The van der Waals surface area contributed by atoms with E-state index in [9.17, 15) is 18.4 Å². The maximum Gasteiger partial charge on any atom is 0.263 e. The number of rotatable bonds is 5. The van der Waals surface area contributed by atoms with Crippen LogP contribution >= 0.6 is 0 Å². The maximum atomic E-state index is 13.1. The first kappa shape index (κ1) is 22.4. The highest BCUT2D eigenvalue weighted by Gasteiger charge is 2.25. The van der Waals surface area contributed by atoms with Gasteiger partial charge in [0, 0.05) is 29.4 Å². The van der Waals surface area contributed by atoms with E-state index in [1.54, 1.807) is 4.90 Å². The molecular weight excluding hydrogens is 444 g/mol. The first-order chi connectivity index (χ1) is 16.5. The standard InChI is InChI=1S/C24H25F2N5O3/c25-22(26)15-2-1-3-16(12-15)23(33)29-24-28-19-13-18(30-10-11-34-14-21(30)32)4-5-20(19)31(24)17-6-8-27-9-7-17/h1-5,12-13,17,22,27H,6-11,14H2,(H,28,29,33). The number of ether oxygens (including phenoxy) is 1. The number of nitrogens with one attached hydrogen (secondary N) is 2. The van der Waals surface area contributed by atoms with Crippen LogP contribution in [0.5, 0.6) is 0 Å². The topological polar surface area (TPSA) is 88.5 Å². The summed E-state index contributed by atoms with van der Waals surface area (Å²) in [6.45, 7) is 2.65. The molecule has 10 heteroatoms. The Hall–Kier alpha value is -3.37. The molecule has 0 radical (unpaired) electrons. The minimum absolute atomic E-state index is 0.0422. The Morgan fingerprint density at radius 1 is 1.18 bits per heavy atom. The highest BCUT2D eigenvalue weighted by Crippen LogP contribution is 2.32. The van der Waals surface area contributed by atoms with Crippen LogP contribution in [0.25, 0.3) is 11.0 Å². The van der Waals surface area contributed by atoms with Crippen molar-refractivity contribution in [1.29, 1.82) is 0 Å². The zero-order valence-electron chi connectivity index (χ0n) is 18.5. The Labute approximate surface area is 194 Å². The Morgan fingerprint density at radius 3 is 2.76 bits per heavy atom. The van der Waals surface area contributed by atoms with Gasteiger partial charge in [0.2, 0.25) is 5.95 Å². The maximum absolute atomic E-state index is 13.1. The molecule has 0 atom stereocenters. The number of halogens is 2. The van der Waals surface area contributed by atoms with E-state index in [0.29, 0.717) is 24.6 Å². The van der Waals surface area contributed by atoms with Gasteiger partial charge in [0.25, 0.3) is 18.2 Å². The molecule has 3 heterocycles. The summed E-state index contributed by atoms with van der Waals surface area (Å²) < 4.78 is 33.5. The second-order valence-corrected chi connectivity index (χ2v) is 8.44. The number of morpholine rings is 1. The van der Waals surface area contributed by atoms with Gasteiger partial charge in [-0.05, 0) is 56.3 Å². The van der Waals surface area contributed by atoms with Crippen molar-refractivity contribution >= 4 is 34.5 Å². The molecule has 5 rings (SSSR count). The first-order valence-corrected chi connectivity index (χ1v) is 11.3. The van der Waals surface area contributed by atoms with Crippen molar-refractivity contribution in [3.63, 3.8) is 0 Å². The number of fused-ring (bicyclic) bond motifs is 1. The van der Waals surface area contributed by atoms with E-state index in [1.807, 2.05) is 22.8 Å². The normalized spacial score (nSPS) is 17.5. The number of amides is 2. The number of anilines is 2. The molecule has 0 saturated carbocycles. The second-order valence-electron chi connectivity index (χ2n) is 8.44. The molecule has 2 amide bonds. The third-order valence-electron chi connectivity index (χ3n) is 6.27. The minimum Gasteiger partial charge on any atom is -0.370 e. The summed E-state index contributed by atoms with van der Waals surface area (Å²) in [5.74, 6) is -0.257. The molecule has 2 aromatic carbocycles. The first-order valence-electron chi connectivity index (χ1n) is 11.3. The monoisotopic (exact) mass is 469 g/mol. The Kier molecular flexibility index (Phi) is 6.25. The minimum atomic E-state index is -2.66. The Bertz CT molecular complexity index is 1220. The number of aromatic nitrogens is 2. The average molecular weight is 469 g/mol. The van der Waals surface area contributed by atoms with Crippen molar-refractivity contribution in [1.82, 2.24) is 14.9 Å². The van der Waals surface area contributed by atoms with Gasteiger partial charge in [0.15, 0.2) is 0 Å². The molecule has 178 valence electrons. The van der Waals surface area contributed by atoms with Crippen molar-refractivity contribution in [2.75, 3.05) is 43.1 Å². The van der Waals surface area contributed by atoms with Crippen LogP contribution in [0.15, 0.2) is 42.5 Å². The Morgan fingerprint density at radius 2 is 2.00 bits per heavy atom. The molecule has 0 unspecified atom stereocenters. The summed E-state index contributed by atoms with van der Waals surface area (Å²) >= 11 is 0. The van der Waals surface area contributed by atoms with Crippen LogP contribution < -0.4 is 15.5 Å². The van der Waals surface area contributed by atoms with E-state index in [-0.39, 0.29) is 29.7 Å². The van der Waals surface area contributed by atoms with Crippen molar-refractivity contribution in [2.45, 2.75) is 25.3 Å². The van der Waals surface area contributed by atoms with E-state index in [1.165, 1.54) is 24.3 Å². The molecule has 3 aromatic rings. The van der Waals surface area contributed by atoms with Gasteiger partial charge in [-0.25, -0.2) is 13.8 Å². The third kappa shape index (κ3) is 4.38. The number of alkyl halides is 2. The van der Waals surface area contributed by atoms with Gasteiger partial charge in [-0.15, -0.1) is 0 Å². The number of carbonyl (C=O) groups is 2. The average Bonchev–Trinajstić information content (AvgIpc) is 3.21. The van der Waals surface area contributed by atoms with Crippen LogP contribution in [-0.4, -0.2) is 54.2 Å². The molecule has 0 aliphatic carbocycles. The van der Waals surface area contributed by atoms with E-state index < -0.39 is 12.3 Å². The highest BCUT2D eigenvalue weighted by atomic mass is 19.3. The van der Waals surface area contributed by atoms with Crippen LogP contribution in [0.4, 0.5) is 20.4 Å². The molecule has 1 aromatic heterocycles. The molecule has 2 fully saturated rings. The number of hydrogen-bond acceptors (Lipinski definition) is 5. The van der Waals surface area contributed by atoms with E-state index in [2.05, 4.69) is 15.6 Å². The summed E-state index contributed by atoms with van der Waals surface area (Å²) in [6.07, 6.45) is -0.939. The molecule has 2 aliphatic heterocycles. The third-order valence-corrected chi connectivity index (χ3v) is 6.27. The van der Waals surface area contributed by atoms with Crippen molar-refractivity contribution < 1.29 is 23.1 Å². The van der Waals surface area contributed by atoms with Crippen LogP contribution in [0.3, 0.4) is 0 Å². The van der Waals surface area contributed by atoms with Crippen LogP contribution in [0.1, 0.15) is 41.2 Å². The fraction of sp³-hybridized carbons (Fsp3) is 0.375. The summed E-state index contributed by atoms with van der Waals surface area (Å²) in [5.41, 5.74) is 2.14. The van der Waals surface area contributed by atoms with Crippen LogP contribution in [-0.2, 0) is 9.53 Å². The molecule has 2 saturated heterocycles. The summed E-state index contributed by atoms with van der Waals surface area (Å²) in [6, 6.07) is 11.2. The van der Waals surface area contributed by atoms with E-state index >= 15 is 0 Å². The van der Waals surface area contributed by atoms with Gasteiger partial charge >= 0.3 is 0 Å². The van der Waals surface area contributed by atoms with Crippen molar-refractivity contribution in [3.05, 3.63) is 53.6 Å². The number of piperidine rings is 1. The Balaban J connectivity index is 1.52. The molecular formula is C24H25F2N5O3. The van der Waals surface area contributed by atoms with Gasteiger partial charge < -0.3 is 19.5 Å². The molecule has 2 aliphatic rings. The predicted octanol–water partition coefficient (Wildman–Crippen LogP) is 3.51. The molecule has 0 bridgehead atoms. The number of carbonyl (C=O) groups excluding carboxylic acids is 2. The number of benzene rings is 2. The molecule has 8 nitrogen and oxygen atoms in total. The summed E-state index contributed by atoms with van der Waals surface area (Å²) in [7, 11) is 0. The number of imidazole rings is 1. The lowest BCUT2D eigenvalue weighted by Gasteiger charge is -2.27. The molecule has 0 spiro atoms. The SMILES string of the molecule is O=C(Nc1nc2cc(N3CCOCC3=O)ccc2n1C1CCNCC1)c1cccc(C(F)F)c1. The lowest BCUT2D eigenvalue weighted by Crippen LogP contribution is -2.41. The van der Waals surface area contributed by atoms with Crippen LogP contribution in [0.2, 0.25) is 0 Å². The quantitative estimate of drug-likeness (QED) is 0.597. The lowest BCUT2D eigenvalue weighted by atomic mass is 10.1.